The predicted molar refractivity (Wildman–Crippen MR) is 175 cm³/mol. The molecule has 1 heterocycles. The van der Waals surface area contributed by atoms with Gasteiger partial charge in [0.05, 0.1) is 37.5 Å². The van der Waals surface area contributed by atoms with Crippen molar-refractivity contribution in [2.24, 2.45) is 17.6 Å². The first kappa shape index (κ1) is 35.7. The summed E-state index contributed by atoms with van der Waals surface area (Å²) in [6, 6.07) is 8.85. The summed E-state index contributed by atoms with van der Waals surface area (Å²) < 4.78 is 22.1. The van der Waals surface area contributed by atoms with Gasteiger partial charge in [-0.15, -0.1) is 0 Å². The maximum absolute atomic E-state index is 13.5. The van der Waals surface area contributed by atoms with E-state index in [1.54, 1.807) is 63.3 Å². The summed E-state index contributed by atoms with van der Waals surface area (Å²) in [6.45, 7) is 6.95. The lowest BCUT2D eigenvalue weighted by Crippen LogP contribution is -2.31. The fourth-order valence-corrected chi connectivity index (χ4v) is 5.43. The number of anilines is 1. The number of methoxy groups -OCH3 is 3. The van der Waals surface area contributed by atoms with Gasteiger partial charge in [-0.25, -0.2) is 4.79 Å². The molecule has 6 N–H and O–H groups in total. The van der Waals surface area contributed by atoms with Crippen LogP contribution in [0, 0.1) is 11.8 Å². The molecule has 0 spiro atoms. The molecule has 0 radical (unpaired) electrons. The molecule has 11 heteroatoms. The van der Waals surface area contributed by atoms with Crippen molar-refractivity contribution in [2.45, 2.75) is 52.7 Å². The van der Waals surface area contributed by atoms with Gasteiger partial charge in [0.2, 0.25) is 5.91 Å². The summed E-state index contributed by atoms with van der Waals surface area (Å²) in [5, 5.41) is 37.3. The maximum atomic E-state index is 13.5. The van der Waals surface area contributed by atoms with Crippen molar-refractivity contribution in [3.05, 3.63) is 82.9 Å². The molecule has 2 amide bonds. The number of nitrogens with one attached hydrogen (secondary N) is 1. The number of aromatic hydroxyl groups is 2. The van der Waals surface area contributed by atoms with Gasteiger partial charge in [0.15, 0.2) is 23.0 Å². The molecule has 46 heavy (non-hydrogen) atoms. The fourth-order valence-electron chi connectivity index (χ4n) is 5.43. The van der Waals surface area contributed by atoms with Gasteiger partial charge in [0.25, 0.3) is 0 Å². The van der Waals surface area contributed by atoms with Crippen LogP contribution < -0.4 is 15.8 Å². The number of ether oxygens (including phenoxy) is 4. The summed E-state index contributed by atoms with van der Waals surface area (Å²) in [5.74, 6) is -1.66. The van der Waals surface area contributed by atoms with Gasteiger partial charge >= 0.3 is 6.09 Å². The van der Waals surface area contributed by atoms with Crippen molar-refractivity contribution in [2.75, 3.05) is 26.6 Å². The summed E-state index contributed by atoms with van der Waals surface area (Å²) in [7, 11) is 4.27. The first-order valence-electron chi connectivity index (χ1n) is 14.8. The fraction of sp³-hybridized carbons (Fsp3) is 0.371. The van der Waals surface area contributed by atoms with Crippen LogP contribution in [0.25, 0.3) is 11.1 Å². The number of carbonyl (C=O) groups is 2. The topological polar surface area (TPSA) is 170 Å². The number of nitrogens with two attached hydrogens (primary N) is 1. The van der Waals surface area contributed by atoms with Crippen molar-refractivity contribution >= 4 is 17.7 Å². The molecule has 2 aromatic carbocycles. The molecule has 0 saturated carbocycles. The van der Waals surface area contributed by atoms with E-state index in [2.05, 4.69) is 5.32 Å². The molecule has 2 bridgehead atoms. The largest absolute Gasteiger partial charge is 0.505 e. The van der Waals surface area contributed by atoms with Crippen LogP contribution in [-0.2, 0) is 25.4 Å². The molecular weight excluding hydrogens is 592 g/mol. The SMILES string of the molecule is COC1=C/C=C/[C@H](C)C(=O)Nc2c(O)c(c(OC)c(O)c2-c2ccccc2)C[C@@H](C)C[C@H](OC)[C@H](O)/C(C)=C/C(C)=C\1OC(N)=O. The zero-order chi connectivity index (χ0) is 34.1. The Morgan fingerprint density at radius 3 is 2.28 bits per heavy atom. The number of carbonyl (C=O) groups excluding carboxylic acids is 2. The first-order chi connectivity index (χ1) is 21.8. The van der Waals surface area contributed by atoms with E-state index in [4.69, 9.17) is 24.7 Å². The van der Waals surface area contributed by atoms with Gasteiger partial charge in [-0.3, -0.25) is 4.79 Å². The zero-order valence-corrected chi connectivity index (χ0v) is 27.3. The molecule has 1 aliphatic heterocycles. The minimum Gasteiger partial charge on any atom is -0.505 e. The van der Waals surface area contributed by atoms with E-state index < -0.39 is 30.1 Å². The van der Waals surface area contributed by atoms with Crippen LogP contribution in [0.15, 0.2) is 77.3 Å². The third-order valence-electron chi connectivity index (χ3n) is 7.83. The number of aliphatic hydroxyl groups excluding tert-OH is 1. The average Bonchev–Trinajstić information content (AvgIpc) is 3.02. The Bertz CT molecular complexity index is 1540. The Morgan fingerprint density at radius 2 is 1.70 bits per heavy atom. The van der Waals surface area contributed by atoms with Crippen LogP contribution in [0.3, 0.4) is 0 Å². The van der Waals surface area contributed by atoms with Crippen LogP contribution in [-0.4, -0.2) is 60.9 Å². The van der Waals surface area contributed by atoms with Crippen molar-refractivity contribution in [1.29, 1.82) is 0 Å². The highest BCUT2D eigenvalue weighted by Gasteiger charge is 2.30. The molecule has 248 valence electrons. The number of fused-ring (bicyclic) bond motifs is 2. The Morgan fingerprint density at radius 1 is 1.02 bits per heavy atom. The number of hydrogen-bond donors (Lipinski definition) is 5. The molecule has 0 aliphatic carbocycles. The van der Waals surface area contributed by atoms with Crippen LogP contribution in [0.5, 0.6) is 17.2 Å². The van der Waals surface area contributed by atoms with E-state index in [1.807, 2.05) is 13.0 Å². The van der Waals surface area contributed by atoms with E-state index in [0.717, 1.165) is 0 Å². The Balaban J connectivity index is 2.28. The molecule has 1 aliphatic rings. The lowest BCUT2D eigenvalue weighted by Gasteiger charge is -2.27. The smallest absolute Gasteiger partial charge is 0.410 e. The van der Waals surface area contributed by atoms with Gasteiger partial charge in [0.1, 0.15) is 11.9 Å². The second kappa shape index (κ2) is 16.0. The molecule has 11 nitrogen and oxygen atoms in total. The second-order valence-corrected chi connectivity index (χ2v) is 11.3. The number of amides is 2. The van der Waals surface area contributed by atoms with Crippen molar-refractivity contribution in [3.8, 4) is 28.4 Å². The highest BCUT2D eigenvalue weighted by atomic mass is 16.6. The van der Waals surface area contributed by atoms with Gasteiger partial charge in [-0.05, 0) is 55.4 Å². The Kier molecular flexibility index (Phi) is 12.4. The normalized spacial score (nSPS) is 26.1. The molecular formula is C35H44N2O9. The molecule has 0 aromatic heterocycles. The minimum absolute atomic E-state index is 0.0274. The molecule has 3 rings (SSSR count). The highest BCUT2D eigenvalue weighted by Crippen LogP contribution is 2.52. The first-order valence-corrected chi connectivity index (χ1v) is 14.8. The Labute approximate surface area is 269 Å². The van der Waals surface area contributed by atoms with Crippen LogP contribution in [0.1, 0.15) is 39.7 Å². The zero-order valence-electron chi connectivity index (χ0n) is 27.3. The van der Waals surface area contributed by atoms with Crippen LogP contribution in [0.4, 0.5) is 10.5 Å². The number of primary amides is 1. The standard InChI is InChI=1S/C35H44N2O9/c1-19-16-24-30(39)28(27(31(40)33(24)45-7)23-13-9-8-10-14-23)37-34(41)20(2)12-11-15-25(43-5)32(46-35(36)42)22(4)18-21(3)29(38)26(17-19)44-6/h8-15,18-20,26,29,38-40H,16-17H2,1-7H3,(H2,36,42)(H,37,41)/b12-11+,21-18+,25-15+,32-22+/t19-,20+,26+,29-/m1/s1. The number of benzene rings is 2. The number of phenolic OH excluding ortho intramolecular Hbond substituents is 2. The van der Waals surface area contributed by atoms with Crippen molar-refractivity contribution in [1.82, 2.24) is 0 Å². The Hall–Kier alpha value is -4.74. The monoisotopic (exact) mass is 636 g/mol. The predicted octanol–water partition coefficient (Wildman–Crippen LogP) is 5.71. The summed E-state index contributed by atoms with van der Waals surface area (Å²) in [6.07, 6.45) is 4.04. The summed E-state index contributed by atoms with van der Waals surface area (Å²) in [4.78, 5) is 25.3. The maximum Gasteiger partial charge on any atom is 0.410 e. The van der Waals surface area contributed by atoms with E-state index in [0.29, 0.717) is 28.7 Å². The van der Waals surface area contributed by atoms with Gasteiger partial charge < -0.3 is 45.3 Å². The molecule has 4 atom stereocenters. The van der Waals surface area contributed by atoms with Crippen LogP contribution in [0.2, 0.25) is 0 Å². The van der Waals surface area contributed by atoms with Crippen LogP contribution >= 0.6 is 0 Å². The number of rotatable bonds is 5. The third kappa shape index (κ3) is 8.29. The van der Waals surface area contributed by atoms with E-state index >= 15 is 0 Å². The third-order valence-corrected chi connectivity index (χ3v) is 7.83. The number of aliphatic hydroxyl groups is 1. The van der Waals surface area contributed by atoms with Crippen molar-refractivity contribution < 1.29 is 43.9 Å². The molecule has 0 saturated heterocycles. The average molecular weight is 637 g/mol. The summed E-state index contributed by atoms with van der Waals surface area (Å²) in [5.41, 5.74) is 7.37. The molecule has 0 fully saturated rings. The number of phenols is 2. The lowest BCUT2D eigenvalue weighted by atomic mass is 9.88. The highest BCUT2D eigenvalue weighted by molar-refractivity contribution is 6.02. The number of hydrogen-bond acceptors (Lipinski definition) is 9. The molecule has 2 aromatic rings. The van der Waals surface area contributed by atoms with Gasteiger partial charge in [-0.1, -0.05) is 62.4 Å². The van der Waals surface area contributed by atoms with Gasteiger partial charge in [0, 0.05) is 12.7 Å². The minimum atomic E-state index is -1.06. The molecule has 0 unspecified atom stereocenters. The second-order valence-electron chi connectivity index (χ2n) is 11.3. The van der Waals surface area contributed by atoms with E-state index in [1.165, 1.54) is 27.4 Å². The van der Waals surface area contributed by atoms with Crippen molar-refractivity contribution in [3.63, 3.8) is 0 Å². The van der Waals surface area contributed by atoms with E-state index in [9.17, 15) is 24.9 Å². The lowest BCUT2D eigenvalue weighted by molar-refractivity contribution is -0.118. The quantitative estimate of drug-likeness (QED) is 0.204. The summed E-state index contributed by atoms with van der Waals surface area (Å²) >= 11 is 0. The van der Waals surface area contributed by atoms with E-state index in [-0.39, 0.29) is 52.4 Å². The van der Waals surface area contributed by atoms with Gasteiger partial charge in [-0.2, -0.15) is 0 Å². The number of allylic oxidation sites excluding steroid dienone is 4.